The van der Waals surface area contributed by atoms with Crippen LogP contribution in [0.2, 0.25) is 0 Å². The molecule has 5 heteroatoms. The quantitative estimate of drug-likeness (QED) is 0.924. The van der Waals surface area contributed by atoms with Gasteiger partial charge in [0.1, 0.15) is 0 Å². The predicted molar refractivity (Wildman–Crippen MR) is 76.3 cm³/mol. The lowest BCUT2D eigenvalue weighted by Gasteiger charge is -2.33. The summed E-state index contributed by atoms with van der Waals surface area (Å²) in [6.45, 7) is 2.27. The van der Waals surface area contributed by atoms with Gasteiger partial charge in [-0.1, -0.05) is 18.2 Å². The normalized spacial score (nSPS) is 22.5. The molecule has 1 aliphatic heterocycles. The van der Waals surface area contributed by atoms with Gasteiger partial charge in [0.05, 0.1) is 23.6 Å². The maximum Gasteiger partial charge on any atom is 0.308 e. The second-order valence-corrected chi connectivity index (χ2v) is 5.16. The first-order chi connectivity index (χ1) is 10.1. The van der Waals surface area contributed by atoms with Crippen LogP contribution in [0.5, 0.6) is 0 Å². The van der Waals surface area contributed by atoms with Crippen molar-refractivity contribution in [3.63, 3.8) is 0 Å². The fraction of sp³-hybridized carbons (Fsp3) is 0.438. The third-order valence-corrected chi connectivity index (χ3v) is 4.00. The Labute approximate surface area is 123 Å². The number of rotatable bonds is 3. The average Bonchev–Trinajstić information content (AvgIpc) is 2.65. The molecule has 0 bridgehead atoms. The van der Waals surface area contributed by atoms with E-state index in [2.05, 4.69) is 6.07 Å². The third kappa shape index (κ3) is 2.89. The van der Waals surface area contributed by atoms with Gasteiger partial charge in [-0.05, 0) is 31.4 Å². The van der Waals surface area contributed by atoms with E-state index in [-0.39, 0.29) is 5.91 Å². The Hall–Kier alpha value is -2.35. The molecule has 21 heavy (non-hydrogen) atoms. The first-order valence-electron chi connectivity index (χ1n) is 7.11. The summed E-state index contributed by atoms with van der Waals surface area (Å²) < 4.78 is 0. The monoisotopic (exact) mass is 286 g/mol. The Bertz CT molecular complexity index is 589. The van der Waals surface area contributed by atoms with Crippen LogP contribution in [0.1, 0.15) is 43.4 Å². The molecule has 2 rings (SSSR count). The van der Waals surface area contributed by atoms with E-state index >= 15 is 0 Å². The Morgan fingerprint density at radius 2 is 2.19 bits per heavy atom. The van der Waals surface area contributed by atoms with Gasteiger partial charge in [0.2, 0.25) is 5.91 Å². The van der Waals surface area contributed by atoms with E-state index in [9.17, 15) is 20.0 Å². The van der Waals surface area contributed by atoms with Crippen molar-refractivity contribution in [3.05, 3.63) is 35.4 Å². The standard InChI is InChI=1S/C16H18N2O3/c1-2-18-14(19)9-5-8-13(16(20)21)15(18)12-7-4-3-6-11(12)10-17/h3-4,6-7,13,15H,2,5,8-9H2,1H3,(H,20,21). The number of amides is 1. The van der Waals surface area contributed by atoms with Crippen molar-refractivity contribution in [1.82, 2.24) is 4.90 Å². The Balaban J connectivity index is 2.57. The number of carbonyl (C=O) groups is 2. The van der Waals surface area contributed by atoms with Crippen LogP contribution in [0.4, 0.5) is 0 Å². The highest BCUT2D eigenvalue weighted by molar-refractivity contribution is 5.80. The first kappa shape index (κ1) is 15.0. The summed E-state index contributed by atoms with van der Waals surface area (Å²) in [5.41, 5.74) is 1.06. The van der Waals surface area contributed by atoms with Gasteiger partial charge >= 0.3 is 5.97 Å². The molecule has 0 aromatic heterocycles. The van der Waals surface area contributed by atoms with Crippen LogP contribution in [0.15, 0.2) is 24.3 Å². The lowest BCUT2D eigenvalue weighted by Crippen LogP contribution is -2.39. The van der Waals surface area contributed by atoms with Crippen LogP contribution >= 0.6 is 0 Å². The van der Waals surface area contributed by atoms with E-state index < -0.39 is 17.9 Å². The lowest BCUT2D eigenvalue weighted by atomic mass is 9.87. The van der Waals surface area contributed by atoms with Crippen LogP contribution < -0.4 is 0 Å². The van der Waals surface area contributed by atoms with Crippen molar-refractivity contribution in [2.24, 2.45) is 5.92 Å². The molecular weight excluding hydrogens is 268 g/mol. The number of carbonyl (C=O) groups excluding carboxylic acids is 1. The van der Waals surface area contributed by atoms with Crippen LogP contribution in [-0.4, -0.2) is 28.4 Å². The highest BCUT2D eigenvalue weighted by Gasteiger charge is 2.38. The van der Waals surface area contributed by atoms with E-state index in [1.165, 1.54) is 0 Å². The summed E-state index contributed by atoms with van der Waals surface area (Å²) >= 11 is 0. The molecule has 1 fully saturated rings. The topological polar surface area (TPSA) is 81.4 Å². The molecule has 1 N–H and O–H groups in total. The fourth-order valence-corrected chi connectivity index (χ4v) is 3.02. The maximum absolute atomic E-state index is 12.2. The molecule has 1 saturated heterocycles. The van der Waals surface area contributed by atoms with Gasteiger partial charge < -0.3 is 10.0 Å². The number of hydrogen-bond donors (Lipinski definition) is 1. The summed E-state index contributed by atoms with van der Waals surface area (Å²) in [6, 6.07) is 8.46. The molecule has 1 heterocycles. The van der Waals surface area contributed by atoms with Crippen molar-refractivity contribution in [1.29, 1.82) is 5.26 Å². The van der Waals surface area contributed by atoms with Gasteiger partial charge in [-0.3, -0.25) is 9.59 Å². The van der Waals surface area contributed by atoms with Crippen molar-refractivity contribution < 1.29 is 14.7 Å². The number of likely N-dealkylation sites (tertiary alicyclic amines) is 1. The van der Waals surface area contributed by atoms with Crippen LogP contribution in [0.25, 0.3) is 0 Å². The number of nitriles is 1. The number of nitrogens with zero attached hydrogens (tertiary/aromatic N) is 2. The first-order valence-corrected chi connectivity index (χ1v) is 7.11. The Kier molecular flexibility index (Phi) is 4.59. The summed E-state index contributed by atoms with van der Waals surface area (Å²) in [6.07, 6.45) is 1.38. The van der Waals surface area contributed by atoms with Gasteiger partial charge in [-0.15, -0.1) is 0 Å². The zero-order valence-corrected chi connectivity index (χ0v) is 12.0. The molecular formula is C16H18N2O3. The smallest absolute Gasteiger partial charge is 0.308 e. The minimum Gasteiger partial charge on any atom is -0.481 e. The maximum atomic E-state index is 12.2. The van der Waals surface area contributed by atoms with E-state index in [1.807, 2.05) is 6.92 Å². The van der Waals surface area contributed by atoms with E-state index in [1.54, 1.807) is 29.2 Å². The summed E-state index contributed by atoms with van der Waals surface area (Å²) in [5, 5.41) is 18.8. The molecule has 110 valence electrons. The molecule has 1 amide bonds. The van der Waals surface area contributed by atoms with E-state index in [0.29, 0.717) is 36.9 Å². The number of aliphatic carboxylic acids is 1. The van der Waals surface area contributed by atoms with Gasteiger partial charge in [-0.25, -0.2) is 0 Å². The third-order valence-electron chi connectivity index (χ3n) is 4.00. The summed E-state index contributed by atoms with van der Waals surface area (Å²) in [4.78, 5) is 25.5. The molecule has 0 radical (unpaired) electrons. The minimum absolute atomic E-state index is 0.0426. The lowest BCUT2D eigenvalue weighted by molar-refractivity contribution is -0.146. The highest BCUT2D eigenvalue weighted by Crippen LogP contribution is 2.37. The average molecular weight is 286 g/mol. The highest BCUT2D eigenvalue weighted by atomic mass is 16.4. The van der Waals surface area contributed by atoms with Crippen LogP contribution in [0, 0.1) is 17.2 Å². The molecule has 0 saturated carbocycles. The van der Waals surface area contributed by atoms with Crippen molar-refractivity contribution in [2.75, 3.05) is 6.54 Å². The molecule has 2 unspecified atom stereocenters. The molecule has 1 aromatic carbocycles. The van der Waals surface area contributed by atoms with Gasteiger partial charge in [0, 0.05) is 13.0 Å². The van der Waals surface area contributed by atoms with Crippen molar-refractivity contribution >= 4 is 11.9 Å². The second kappa shape index (κ2) is 6.40. The molecule has 0 spiro atoms. The van der Waals surface area contributed by atoms with E-state index in [0.717, 1.165) is 0 Å². The van der Waals surface area contributed by atoms with Gasteiger partial charge in [0.25, 0.3) is 0 Å². The summed E-state index contributed by atoms with van der Waals surface area (Å²) in [5.74, 6) is -1.63. The SMILES string of the molecule is CCN1C(=O)CCCC(C(=O)O)C1c1ccccc1C#N. The van der Waals surface area contributed by atoms with Crippen LogP contribution in [-0.2, 0) is 9.59 Å². The van der Waals surface area contributed by atoms with Crippen molar-refractivity contribution in [3.8, 4) is 6.07 Å². The number of benzene rings is 1. The fourth-order valence-electron chi connectivity index (χ4n) is 3.02. The largest absolute Gasteiger partial charge is 0.481 e. The Morgan fingerprint density at radius 1 is 1.48 bits per heavy atom. The number of carboxylic acids is 1. The number of hydrogen-bond acceptors (Lipinski definition) is 3. The summed E-state index contributed by atoms with van der Waals surface area (Å²) in [7, 11) is 0. The molecule has 2 atom stereocenters. The van der Waals surface area contributed by atoms with Gasteiger partial charge in [0.15, 0.2) is 0 Å². The number of carboxylic acid groups (broad SMARTS) is 1. The molecule has 5 nitrogen and oxygen atoms in total. The van der Waals surface area contributed by atoms with Gasteiger partial charge in [-0.2, -0.15) is 5.26 Å². The zero-order valence-electron chi connectivity index (χ0n) is 12.0. The van der Waals surface area contributed by atoms with Crippen molar-refractivity contribution in [2.45, 2.75) is 32.2 Å². The van der Waals surface area contributed by atoms with Crippen LogP contribution in [0.3, 0.4) is 0 Å². The Morgan fingerprint density at radius 3 is 2.81 bits per heavy atom. The molecule has 1 aromatic rings. The predicted octanol–water partition coefficient (Wildman–Crippen LogP) is 2.33. The second-order valence-electron chi connectivity index (χ2n) is 5.16. The molecule has 0 aliphatic carbocycles. The zero-order chi connectivity index (χ0) is 15.4. The minimum atomic E-state index is -0.916. The van der Waals surface area contributed by atoms with E-state index in [4.69, 9.17) is 0 Å². The molecule has 1 aliphatic rings.